The van der Waals surface area contributed by atoms with Crippen molar-refractivity contribution in [3.63, 3.8) is 0 Å². The molecule has 4 N–H and O–H groups in total. The average Bonchev–Trinajstić information content (AvgIpc) is 3.01. The van der Waals surface area contributed by atoms with Crippen LogP contribution in [0.2, 0.25) is 10.0 Å². The topological polar surface area (TPSA) is 87.5 Å². The molecule has 184 valence electrons. The molecule has 1 fully saturated rings. The SMILES string of the molecule is NCCC[C@@H]1N[C@H](CNC(=O)c2ccc3ccccc3c2)CCN(Cc2ccc(Cl)c(Cl)c2)C1=O. The van der Waals surface area contributed by atoms with Crippen molar-refractivity contribution in [2.45, 2.75) is 37.9 Å². The molecule has 8 heteroatoms. The summed E-state index contributed by atoms with van der Waals surface area (Å²) in [6.07, 6.45) is 2.09. The van der Waals surface area contributed by atoms with Crippen LogP contribution in [0.4, 0.5) is 0 Å². The summed E-state index contributed by atoms with van der Waals surface area (Å²) in [5, 5.41) is 9.59. The van der Waals surface area contributed by atoms with Gasteiger partial charge < -0.3 is 21.3 Å². The second kappa shape index (κ2) is 11.9. The zero-order valence-electron chi connectivity index (χ0n) is 19.5. The molecule has 2 atom stereocenters. The molecular formula is C27H30Cl2N4O2. The van der Waals surface area contributed by atoms with Crippen LogP contribution in [0.3, 0.4) is 0 Å². The summed E-state index contributed by atoms with van der Waals surface area (Å²) < 4.78 is 0. The fourth-order valence-electron chi connectivity index (χ4n) is 4.44. The normalized spacial score (nSPS) is 18.5. The van der Waals surface area contributed by atoms with Crippen molar-refractivity contribution >= 4 is 45.8 Å². The molecule has 0 radical (unpaired) electrons. The largest absolute Gasteiger partial charge is 0.350 e. The number of carbonyl (C=O) groups is 2. The Kier molecular flexibility index (Phi) is 8.63. The van der Waals surface area contributed by atoms with Gasteiger partial charge in [0.1, 0.15) is 0 Å². The summed E-state index contributed by atoms with van der Waals surface area (Å²) in [6, 6.07) is 18.7. The van der Waals surface area contributed by atoms with Crippen LogP contribution in [-0.2, 0) is 11.3 Å². The number of halogens is 2. The van der Waals surface area contributed by atoms with Crippen molar-refractivity contribution in [3.8, 4) is 0 Å². The Bertz CT molecular complexity index is 1200. The number of nitrogens with one attached hydrogen (secondary N) is 2. The maximum absolute atomic E-state index is 13.3. The maximum Gasteiger partial charge on any atom is 0.251 e. The molecule has 1 aliphatic rings. The lowest BCUT2D eigenvalue weighted by atomic mass is 10.1. The first kappa shape index (κ1) is 25.5. The summed E-state index contributed by atoms with van der Waals surface area (Å²) >= 11 is 12.2. The predicted molar refractivity (Wildman–Crippen MR) is 142 cm³/mol. The molecular weight excluding hydrogens is 483 g/mol. The van der Waals surface area contributed by atoms with Gasteiger partial charge in [-0.25, -0.2) is 0 Å². The van der Waals surface area contributed by atoms with E-state index in [-0.39, 0.29) is 23.9 Å². The molecule has 35 heavy (non-hydrogen) atoms. The van der Waals surface area contributed by atoms with Crippen molar-refractivity contribution in [3.05, 3.63) is 81.8 Å². The van der Waals surface area contributed by atoms with E-state index in [1.165, 1.54) is 0 Å². The van der Waals surface area contributed by atoms with Crippen molar-refractivity contribution in [1.82, 2.24) is 15.5 Å². The van der Waals surface area contributed by atoms with Gasteiger partial charge in [-0.15, -0.1) is 0 Å². The van der Waals surface area contributed by atoms with Gasteiger partial charge in [-0.1, -0.05) is 59.6 Å². The number of hydrogen-bond donors (Lipinski definition) is 3. The Morgan fingerprint density at radius 2 is 1.86 bits per heavy atom. The Morgan fingerprint density at radius 3 is 2.63 bits per heavy atom. The maximum atomic E-state index is 13.3. The van der Waals surface area contributed by atoms with Crippen LogP contribution in [0, 0.1) is 0 Å². The van der Waals surface area contributed by atoms with Gasteiger partial charge in [-0.05, 0) is 66.4 Å². The number of carbonyl (C=O) groups excluding carboxylic acids is 2. The molecule has 0 spiro atoms. The highest BCUT2D eigenvalue weighted by atomic mass is 35.5. The van der Waals surface area contributed by atoms with Crippen LogP contribution in [-0.4, -0.2) is 48.4 Å². The molecule has 6 nitrogen and oxygen atoms in total. The van der Waals surface area contributed by atoms with Gasteiger partial charge in [0.15, 0.2) is 0 Å². The van der Waals surface area contributed by atoms with Crippen molar-refractivity contribution in [2.24, 2.45) is 5.73 Å². The summed E-state index contributed by atoms with van der Waals surface area (Å²) in [6.45, 7) is 1.97. The smallest absolute Gasteiger partial charge is 0.251 e. The minimum atomic E-state index is -0.355. The van der Waals surface area contributed by atoms with E-state index in [2.05, 4.69) is 10.6 Å². The molecule has 0 bridgehead atoms. The quantitative estimate of drug-likeness (QED) is 0.418. The molecule has 4 rings (SSSR count). The Morgan fingerprint density at radius 1 is 1.06 bits per heavy atom. The van der Waals surface area contributed by atoms with Crippen LogP contribution < -0.4 is 16.4 Å². The summed E-state index contributed by atoms with van der Waals surface area (Å²) in [5.41, 5.74) is 7.26. The highest BCUT2D eigenvalue weighted by molar-refractivity contribution is 6.42. The first-order chi connectivity index (χ1) is 16.9. The third kappa shape index (κ3) is 6.53. The number of nitrogens with two attached hydrogens (primary N) is 1. The van der Waals surface area contributed by atoms with Crippen LogP contribution in [0.15, 0.2) is 60.7 Å². The molecule has 1 heterocycles. The third-order valence-corrected chi connectivity index (χ3v) is 7.11. The van der Waals surface area contributed by atoms with Gasteiger partial charge in [0.2, 0.25) is 5.91 Å². The van der Waals surface area contributed by atoms with Crippen LogP contribution >= 0.6 is 23.2 Å². The molecule has 0 aromatic heterocycles. The molecule has 0 unspecified atom stereocenters. The van der Waals surface area contributed by atoms with Gasteiger partial charge in [0.25, 0.3) is 5.91 Å². The number of hydrogen-bond acceptors (Lipinski definition) is 4. The van der Waals surface area contributed by atoms with Crippen LogP contribution in [0.5, 0.6) is 0 Å². The zero-order valence-corrected chi connectivity index (χ0v) is 21.0. The fraction of sp³-hybridized carbons (Fsp3) is 0.333. The van der Waals surface area contributed by atoms with Crippen LogP contribution in [0.25, 0.3) is 10.8 Å². The number of rotatable bonds is 8. The van der Waals surface area contributed by atoms with E-state index >= 15 is 0 Å². The lowest BCUT2D eigenvalue weighted by Gasteiger charge is -2.25. The molecule has 2 amide bonds. The number of nitrogens with zero attached hydrogens (tertiary/aromatic N) is 1. The van der Waals surface area contributed by atoms with Crippen molar-refractivity contribution in [2.75, 3.05) is 19.6 Å². The highest BCUT2D eigenvalue weighted by Gasteiger charge is 2.30. The fourth-order valence-corrected chi connectivity index (χ4v) is 4.76. The summed E-state index contributed by atoms with van der Waals surface area (Å²) in [4.78, 5) is 28.0. The second-order valence-electron chi connectivity index (χ2n) is 8.92. The molecule has 3 aromatic carbocycles. The molecule has 3 aromatic rings. The Balaban J connectivity index is 1.42. The van der Waals surface area contributed by atoms with Crippen LogP contribution in [0.1, 0.15) is 35.2 Å². The summed E-state index contributed by atoms with van der Waals surface area (Å²) in [5.74, 6) is -0.0906. The molecule has 1 aliphatic heterocycles. The van der Waals surface area contributed by atoms with Crippen molar-refractivity contribution < 1.29 is 9.59 Å². The van der Waals surface area contributed by atoms with E-state index in [0.717, 1.165) is 22.8 Å². The van der Waals surface area contributed by atoms with Gasteiger partial charge in [0, 0.05) is 31.2 Å². The second-order valence-corrected chi connectivity index (χ2v) is 9.73. The molecule has 1 saturated heterocycles. The first-order valence-electron chi connectivity index (χ1n) is 11.9. The van der Waals surface area contributed by atoms with E-state index in [1.54, 1.807) is 12.1 Å². The van der Waals surface area contributed by atoms with Gasteiger partial charge in [-0.3, -0.25) is 9.59 Å². The Hall–Kier alpha value is -2.64. The van der Waals surface area contributed by atoms with E-state index in [0.29, 0.717) is 54.6 Å². The number of fused-ring (bicyclic) bond motifs is 1. The minimum Gasteiger partial charge on any atom is -0.350 e. The van der Waals surface area contributed by atoms with E-state index in [1.807, 2.05) is 53.4 Å². The first-order valence-corrected chi connectivity index (χ1v) is 12.7. The summed E-state index contributed by atoms with van der Waals surface area (Å²) in [7, 11) is 0. The van der Waals surface area contributed by atoms with Gasteiger partial charge in [-0.2, -0.15) is 0 Å². The average molecular weight is 513 g/mol. The minimum absolute atomic E-state index is 0.0351. The number of benzene rings is 3. The lowest BCUT2D eigenvalue weighted by molar-refractivity contribution is -0.133. The highest BCUT2D eigenvalue weighted by Crippen LogP contribution is 2.24. The standard InChI is InChI=1S/C27H30Cl2N4O2/c28-23-10-7-18(14-24(23)29)17-33-13-11-22(32-25(27(33)35)6-3-12-30)16-31-26(34)21-9-8-19-4-1-2-5-20(19)15-21/h1-2,4-5,7-10,14-15,22,25,32H,3,6,11-13,16-17,30H2,(H,31,34)/t22-,25-/m0/s1. The van der Waals surface area contributed by atoms with E-state index in [4.69, 9.17) is 28.9 Å². The predicted octanol–water partition coefficient (Wildman–Crippen LogP) is 4.37. The lowest BCUT2D eigenvalue weighted by Crippen LogP contribution is -2.48. The number of amides is 2. The third-order valence-electron chi connectivity index (χ3n) is 6.37. The van der Waals surface area contributed by atoms with Gasteiger partial charge >= 0.3 is 0 Å². The van der Waals surface area contributed by atoms with Gasteiger partial charge in [0.05, 0.1) is 16.1 Å². The zero-order chi connectivity index (χ0) is 24.8. The van der Waals surface area contributed by atoms with Crippen molar-refractivity contribution in [1.29, 1.82) is 0 Å². The Labute approximate surface area is 215 Å². The molecule has 0 aliphatic carbocycles. The van der Waals surface area contributed by atoms with E-state index in [9.17, 15) is 9.59 Å². The van der Waals surface area contributed by atoms with E-state index < -0.39 is 0 Å². The monoisotopic (exact) mass is 512 g/mol. The molecule has 0 saturated carbocycles.